The molecule has 14 rings (SSSR count). The first kappa shape index (κ1) is 39.2. The minimum Gasteiger partial charge on any atom is -0.310 e. The summed E-state index contributed by atoms with van der Waals surface area (Å²) in [5, 5.41) is 2.58. The Balaban J connectivity index is 0.913. The maximum absolute atomic E-state index is 2.52. The molecule has 2 heteroatoms. The van der Waals surface area contributed by atoms with Gasteiger partial charge in [0.1, 0.15) is 0 Å². The Bertz CT molecular complexity index is 3920. The fourth-order valence-corrected chi connectivity index (χ4v) is 11.8. The van der Waals surface area contributed by atoms with Crippen LogP contribution in [0.15, 0.2) is 267 Å². The fraction of sp³-hybridized carbons (Fsp3) is 0.0149. The van der Waals surface area contributed by atoms with Gasteiger partial charge in [0.25, 0.3) is 0 Å². The van der Waals surface area contributed by atoms with Crippen molar-refractivity contribution in [2.24, 2.45) is 0 Å². The van der Waals surface area contributed by atoms with Gasteiger partial charge in [0.2, 0.25) is 0 Å². The molecule has 12 aromatic rings. The number of benzene rings is 11. The molecule has 1 spiro atoms. The Kier molecular flexibility index (Phi) is 8.84. The Morgan fingerprint density at radius 2 is 0.768 bits per heavy atom. The van der Waals surface area contributed by atoms with Crippen molar-refractivity contribution in [3.8, 4) is 61.3 Å². The molecule has 1 aromatic heterocycles. The molecule has 69 heavy (non-hydrogen) atoms. The summed E-state index contributed by atoms with van der Waals surface area (Å²) < 4.78 is 2.52. The summed E-state index contributed by atoms with van der Waals surface area (Å²) >= 11 is 0. The molecule has 11 aromatic carbocycles. The standard InChI is InChI=1S/C67H44N2/c1-3-16-45(17-4-1)47-30-32-50(33-31-47)54-20-8-12-27-63(54)68(52-39-34-48(35-40-52)46-18-5-2-6-19-46)53-41-36-49(37-42-53)51-38-43-56-55-21-7-10-24-59(55)67(62(56)44-51)60-25-11-14-29-65(60)69-64-28-13-9-22-57(64)58-23-15-26-61(67)66(58)69/h1-44H. The van der Waals surface area contributed by atoms with Crippen molar-refractivity contribution in [2.45, 2.75) is 5.41 Å². The van der Waals surface area contributed by atoms with E-state index < -0.39 is 5.41 Å². The van der Waals surface area contributed by atoms with Gasteiger partial charge < -0.3 is 9.47 Å². The van der Waals surface area contributed by atoms with Crippen LogP contribution in [0.5, 0.6) is 0 Å². The van der Waals surface area contributed by atoms with E-state index in [-0.39, 0.29) is 0 Å². The minimum absolute atomic E-state index is 0.506. The summed E-state index contributed by atoms with van der Waals surface area (Å²) in [5.74, 6) is 0. The highest BCUT2D eigenvalue weighted by Crippen LogP contribution is 2.61. The maximum atomic E-state index is 2.52. The van der Waals surface area contributed by atoms with Crippen molar-refractivity contribution in [3.05, 3.63) is 289 Å². The topological polar surface area (TPSA) is 8.17 Å². The zero-order valence-corrected chi connectivity index (χ0v) is 37.8. The quantitative estimate of drug-likeness (QED) is 0.155. The van der Waals surface area contributed by atoms with Gasteiger partial charge in [-0.25, -0.2) is 0 Å². The van der Waals surface area contributed by atoms with E-state index in [1.807, 2.05) is 0 Å². The summed E-state index contributed by atoms with van der Waals surface area (Å²) in [6, 6.07) is 98.4. The van der Waals surface area contributed by atoms with Crippen LogP contribution in [-0.2, 0) is 5.41 Å². The van der Waals surface area contributed by atoms with Crippen LogP contribution >= 0.6 is 0 Å². The van der Waals surface area contributed by atoms with E-state index in [2.05, 4.69) is 276 Å². The third-order valence-electron chi connectivity index (χ3n) is 14.8. The van der Waals surface area contributed by atoms with Crippen LogP contribution in [0, 0.1) is 0 Å². The molecule has 2 aliphatic rings. The van der Waals surface area contributed by atoms with Crippen molar-refractivity contribution >= 4 is 38.9 Å². The molecule has 0 radical (unpaired) electrons. The van der Waals surface area contributed by atoms with E-state index in [1.54, 1.807) is 0 Å². The Hall–Kier alpha value is -8.98. The summed E-state index contributed by atoms with van der Waals surface area (Å²) in [5.41, 5.74) is 24.0. The second-order valence-electron chi connectivity index (χ2n) is 18.4. The van der Waals surface area contributed by atoms with Crippen LogP contribution in [0.2, 0.25) is 0 Å². The summed E-state index contributed by atoms with van der Waals surface area (Å²) in [7, 11) is 0. The van der Waals surface area contributed by atoms with Gasteiger partial charge in [-0.15, -0.1) is 0 Å². The largest absolute Gasteiger partial charge is 0.310 e. The van der Waals surface area contributed by atoms with Crippen LogP contribution in [-0.4, -0.2) is 4.57 Å². The van der Waals surface area contributed by atoms with Crippen LogP contribution in [0.4, 0.5) is 17.1 Å². The number of nitrogens with zero attached hydrogens (tertiary/aromatic N) is 2. The summed E-state index contributed by atoms with van der Waals surface area (Å²) in [4.78, 5) is 2.41. The predicted octanol–water partition coefficient (Wildman–Crippen LogP) is 17.6. The molecule has 0 fully saturated rings. The van der Waals surface area contributed by atoms with E-state index in [0.717, 1.165) is 17.1 Å². The van der Waals surface area contributed by atoms with Crippen molar-refractivity contribution in [1.29, 1.82) is 0 Å². The van der Waals surface area contributed by atoms with Crippen LogP contribution in [0.25, 0.3) is 83.1 Å². The molecular formula is C67H44N2. The van der Waals surface area contributed by atoms with Crippen LogP contribution in [0.1, 0.15) is 22.3 Å². The SMILES string of the molecule is c1ccc(-c2ccc(-c3ccccc3N(c3ccc(-c4ccccc4)cc3)c3ccc(-c4ccc5c(c4)C4(c6ccccc6-5)c5ccccc5-n5c6ccccc6c6cccc4c65)cc3)cc2)cc1. The molecule has 0 saturated carbocycles. The van der Waals surface area contributed by atoms with Gasteiger partial charge in [0.05, 0.1) is 27.8 Å². The van der Waals surface area contributed by atoms with Gasteiger partial charge in [0, 0.05) is 27.7 Å². The van der Waals surface area contributed by atoms with Gasteiger partial charge in [-0.2, -0.15) is 0 Å². The van der Waals surface area contributed by atoms with Crippen molar-refractivity contribution in [3.63, 3.8) is 0 Å². The zero-order valence-electron chi connectivity index (χ0n) is 37.8. The molecule has 0 N–H and O–H groups in total. The molecule has 2 nitrogen and oxygen atoms in total. The normalized spacial score (nSPS) is 14.1. The fourth-order valence-electron chi connectivity index (χ4n) is 11.8. The summed E-state index contributed by atoms with van der Waals surface area (Å²) in [6.45, 7) is 0. The third kappa shape index (κ3) is 5.92. The first-order valence-corrected chi connectivity index (χ1v) is 23.9. The molecule has 2 heterocycles. The van der Waals surface area contributed by atoms with Gasteiger partial charge >= 0.3 is 0 Å². The van der Waals surface area contributed by atoms with Crippen molar-refractivity contribution < 1.29 is 0 Å². The highest BCUT2D eigenvalue weighted by molar-refractivity contribution is 6.13. The highest BCUT2D eigenvalue weighted by Gasteiger charge is 2.50. The number of hydrogen-bond acceptors (Lipinski definition) is 1. The Morgan fingerprint density at radius 3 is 1.48 bits per heavy atom. The van der Waals surface area contributed by atoms with Gasteiger partial charge in [-0.05, 0) is 121 Å². The lowest BCUT2D eigenvalue weighted by Gasteiger charge is -2.39. The maximum Gasteiger partial charge on any atom is 0.0754 e. The van der Waals surface area contributed by atoms with Gasteiger partial charge in [0.15, 0.2) is 0 Å². The number of anilines is 3. The number of hydrogen-bond donors (Lipinski definition) is 0. The molecule has 0 saturated heterocycles. The van der Waals surface area contributed by atoms with E-state index in [1.165, 1.54) is 105 Å². The second-order valence-corrected chi connectivity index (χ2v) is 18.4. The monoisotopic (exact) mass is 876 g/mol. The van der Waals surface area contributed by atoms with E-state index in [9.17, 15) is 0 Å². The average molecular weight is 877 g/mol. The second kappa shape index (κ2) is 15.6. The van der Waals surface area contributed by atoms with E-state index >= 15 is 0 Å². The van der Waals surface area contributed by atoms with Gasteiger partial charge in [-0.3, -0.25) is 0 Å². The zero-order chi connectivity index (χ0) is 45.5. The lowest BCUT2D eigenvalue weighted by molar-refractivity contribution is 0.749. The molecule has 1 aliphatic heterocycles. The summed E-state index contributed by atoms with van der Waals surface area (Å²) in [6.07, 6.45) is 0. The molecule has 1 unspecified atom stereocenters. The van der Waals surface area contributed by atoms with E-state index in [4.69, 9.17) is 0 Å². The molecule has 322 valence electrons. The number of aromatic nitrogens is 1. The molecule has 1 aliphatic carbocycles. The van der Waals surface area contributed by atoms with Crippen molar-refractivity contribution in [1.82, 2.24) is 4.57 Å². The van der Waals surface area contributed by atoms with Crippen LogP contribution < -0.4 is 4.90 Å². The smallest absolute Gasteiger partial charge is 0.0754 e. The first-order valence-electron chi connectivity index (χ1n) is 23.9. The lowest BCUT2D eigenvalue weighted by Crippen LogP contribution is -2.33. The Labute approximate surface area is 402 Å². The highest BCUT2D eigenvalue weighted by atomic mass is 15.1. The van der Waals surface area contributed by atoms with Crippen LogP contribution in [0.3, 0.4) is 0 Å². The molecular weight excluding hydrogens is 833 g/mol. The molecule has 0 bridgehead atoms. The third-order valence-corrected chi connectivity index (χ3v) is 14.8. The number of rotatable bonds is 7. The first-order chi connectivity index (χ1) is 34.2. The lowest BCUT2D eigenvalue weighted by atomic mass is 9.65. The average Bonchev–Trinajstić information content (AvgIpc) is 3.92. The van der Waals surface area contributed by atoms with E-state index in [0.29, 0.717) is 0 Å². The number of para-hydroxylation sites is 4. The molecule has 0 amide bonds. The Morgan fingerprint density at radius 1 is 0.290 bits per heavy atom. The molecule has 1 atom stereocenters. The predicted molar refractivity (Wildman–Crippen MR) is 288 cm³/mol. The van der Waals surface area contributed by atoms with Gasteiger partial charge in [-0.1, -0.05) is 218 Å². The number of fused-ring (bicyclic) bond motifs is 12. The van der Waals surface area contributed by atoms with Crippen molar-refractivity contribution in [2.75, 3.05) is 4.90 Å². The minimum atomic E-state index is -0.506.